The van der Waals surface area contributed by atoms with Crippen LogP contribution < -0.4 is 31.4 Å². The largest absolute Gasteiger partial charge is 0.495 e. The minimum absolute atomic E-state index is 0.484. The van der Waals surface area contributed by atoms with Crippen LogP contribution in [0.1, 0.15) is 0 Å². The Bertz CT molecular complexity index is 840. The molecule has 0 spiro atoms. The number of anilines is 3. The van der Waals surface area contributed by atoms with E-state index in [2.05, 4.69) is 82.7 Å². The summed E-state index contributed by atoms with van der Waals surface area (Å²) in [7, 11) is 4.82. The van der Waals surface area contributed by atoms with Gasteiger partial charge in [0.2, 0.25) is 0 Å². The molecule has 0 fully saturated rings. The van der Waals surface area contributed by atoms with Gasteiger partial charge in [0.05, 0.1) is 32.0 Å². The van der Waals surface area contributed by atoms with Crippen molar-refractivity contribution in [1.82, 2.24) is 15.0 Å². The first-order chi connectivity index (χ1) is 14.2. The van der Waals surface area contributed by atoms with E-state index in [0.29, 0.717) is 17.5 Å². The fraction of sp³-hybridized carbons (Fsp3) is 0.167. The number of aromatic nitrogens is 3. The standard InChI is InChI=1S/3C6H7IN2O/c3*1-10-5-2-6(8)9-3-4(5)7/h3*2-3H,1H3,(H2,8,9). The Labute approximate surface area is 215 Å². The Morgan fingerprint density at radius 3 is 0.967 bits per heavy atom. The van der Waals surface area contributed by atoms with Gasteiger partial charge in [-0.25, -0.2) is 15.0 Å². The van der Waals surface area contributed by atoms with E-state index in [-0.39, 0.29) is 0 Å². The highest BCUT2D eigenvalue weighted by Gasteiger charge is 2.00. The van der Waals surface area contributed by atoms with Gasteiger partial charge in [-0.15, -0.1) is 0 Å². The van der Waals surface area contributed by atoms with Gasteiger partial charge in [-0.3, -0.25) is 0 Å². The van der Waals surface area contributed by atoms with Gasteiger partial charge in [0.25, 0.3) is 0 Å². The monoisotopic (exact) mass is 750 g/mol. The quantitative estimate of drug-likeness (QED) is 0.341. The van der Waals surface area contributed by atoms with Gasteiger partial charge in [0, 0.05) is 36.8 Å². The number of methoxy groups -OCH3 is 3. The molecule has 9 nitrogen and oxygen atoms in total. The van der Waals surface area contributed by atoms with Gasteiger partial charge in [-0.05, 0) is 67.8 Å². The molecule has 0 bridgehead atoms. The Kier molecular flexibility index (Phi) is 12.1. The van der Waals surface area contributed by atoms with Gasteiger partial charge in [0.1, 0.15) is 34.7 Å². The number of nitrogens with zero attached hydrogens (tertiary/aromatic N) is 3. The topological polar surface area (TPSA) is 144 Å². The molecule has 0 saturated heterocycles. The summed E-state index contributed by atoms with van der Waals surface area (Å²) in [4.78, 5) is 11.6. The number of ether oxygens (including phenoxy) is 3. The number of rotatable bonds is 3. The molecule has 0 saturated carbocycles. The molecule has 0 aliphatic heterocycles. The van der Waals surface area contributed by atoms with Crippen LogP contribution in [0.5, 0.6) is 17.2 Å². The predicted molar refractivity (Wildman–Crippen MR) is 144 cm³/mol. The SMILES string of the molecule is COc1cc(N)ncc1I.COc1cc(N)ncc1I.COc1cc(N)ncc1I. The van der Waals surface area contributed by atoms with Crippen molar-refractivity contribution in [2.45, 2.75) is 0 Å². The summed E-state index contributed by atoms with van der Waals surface area (Å²) in [5.41, 5.74) is 16.2. The zero-order valence-electron chi connectivity index (χ0n) is 16.4. The molecule has 3 aromatic rings. The molecule has 0 atom stereocenters. The molecule has 0 aromatic carbocycles. The number of nitrogen functional groups attached to an aromatic ring is 3. The van der Waals surface area contributed by atoms with Crippen molar-refractivity contribution in [1.29, 1.82) is 0 Å². The minimum atomic E-state index is 0.484. The zero-order chi connectivity index (χ0) is 22.7. The molecule has 3 heterocycles. The molecular weight excluding hydrogens is 729 g/mol. The first-order valence-corrected chi connectivity index (χ1v) is 11.3. The molecule has 0 unspecified atom stereocenters. The zero-order valence-corrected chi connectivity index (χ0v) is 22.9. The lowest BCUT2D eigenvalue weighted by molar-refractivity contribution is 0.411. The molecule has 30 heavy (non-hydrogen) atoms. The summed E-state index contributed by atoms with van der Waals surface area (Å²) in [6.07, 6.45) is 5.03. The normalized spacial score (nSPS) is 9.40. The predicted octanol–water partition coefficient (Wildman–Crippen LogP) is 3.83. The van der Waals surface area contributed by atoms with Crippen LogP contribution in [0.25, 0.3) is 0 Å². The third-order valence-corrected chi connectivity index (χ3v) is 5.61. The van der Waals surface area contributed by atoms with E-state index >= 15 is 0 Å². The van der Waals surface area contributed by atoms with Crippen molar-refractivity contribution in [3.05, 3.63) is 47.5 Å². The van der Waals surface area contributed by atoms with Crippen LogP contribution in [-0.4, -0.2) is 36.3 Å². The van der Waals surface area contributed by atoms with E-state index in [0.717, 1.165) is 28.0 Å². The van der Waals surface area contributed by atoms with Crippen molar-refractivity contribution >= 4 is 85.2 Å². The van der Waals surface area contributed by atoms with E-state index in [1.54, 1.807) is 58.1 Å². The van der Waals surface area contributed by atoms with Crippen LogP contribution in [0.4, 0.5) is 17.5 Å². The first kappa shape index (κ1) is 26.5. The van der Waals surface area contributed by atoms with Crippen molar-refractivity contribution in [3.8, 4) is 17.2 Å². The second-order valence-corrected chi connectivity index (χ2v) is 8.72. The van der Waals surface area contributed by atoms with Crippen LogP contribution in [0, 0.1) is 10.7 Å². The van der Waals surface area contributed by atoms with Crippen molar-refractivity contribution in [3.63, 3.8) is 0 Å². The fourth-order valence-corrected chi connectivity index (χ4v) is 3.32. The average molecular weight is 750 g/mol. The lowest BCUT2D eigenvalue weighted by atomic mass is 10.4. The van der Waals surface area contributed by atoms with E-state index in [1.165, 1.54) is 0 Å². The smallest absolute Gasteiger partial charge is 0.137 e. The van der Waals surface area contributed by atoms with E-state index < -0.39 is 0 Å². The van der Waals surface area contributed by atoms with Gasteiger partial charge < -0.3 is 31.4 Å². The molecule has 0 radical (unpaired) electrons. The number of nitrogens with two attached hydrogens (primary N) is 3. The van der Waals surface area contributed by atoms with Crippen LogP contribution in [0.15, 0.2) is 36.8 Å². The maximum atomic E-state index is 5.41. The van der Waals surface area contributed by atoms with E-state index in [1.807, 2.05) is 0 Å². The van der Waals surface area contributed by atoms with Gasteiger partial charge >= 0.3 is 0 Å². The summed E-state index contributed by atoms with van der Waals surface area (Å²) in [5, 5.41) is 0. The maximum absolute atomic E-state index is 5.41. The average Bonchev–Trinajstić information content (AvgIpc) is 2.74. The van der Waals surface area contributed by atoms with Crippen LogP contribution >= 0.6 is 67.8 Å². The number of halogens is 3. The second kappa shape index (κ2) is 13.7. The fourth-order valence-electron chi connectivity index (χ4n) is 1.78. The summed E-state index contributed by atoms with van der Waals surface area (Å²) in [6.45, 7) is 0. The summed E-state index contributed by atoms with van der Waals surface area (Å²) in [5.74, 6) is 3.76. The van der Waals surface area contributed by atoms with Gasteiger partial charge in [-0.1, -0.05) is 0 Å². The van der Waals surface area contributed by atoms with Crippen molar-refractivity contribution in [2.24, 2.45) is 0 Å². The molecule has 12 heteroatoms. The molecule has 3 rings (SSSR count). The molecule has 0 amide bonds. The Balaban J connectivity index is 0.000000225. The minimum Gasteiger partial charge on any atom is -0.495 e. The highest BCUT2D eigenvalue weighted by atomic mass is 127. The summed E-state index contributed by atoms with van der Waals surface area (Å²) >= 11 is 6.40. The lowest BCUT2D eigenvalue weighted by Gasteiger charge is -2.01. The molecule has 162 valence electrons. The van der Waals surface area contributed by atoms with Crippen LogP contribution in [-0.2, 0) is 0 Å². The van der Waals surface area contributed by atoms with Crippen LogP contribution in [0.3, 0.4) is 0 Å². The van der Waals surface area contributed by atoms with E-state index in [9.17, 15) is 0 Å². The number of hydrogen-bond donors (Lipinski definition) is 3. The first-order valence-electron chi connectivity index (χ1n) is 8.06. The highest BCUT2D eigenvalue weighted by molar-refractivity contribution is 14.1. The molecule has 0 aliphatic carbocycles. The number of hydrogen-bond acceptors (Lipinski definition) is 9. The molecular formula is C18H21I3N6O3. The summed E-state index contributed by atoms with van der Waals surface area (Å²) < 4.78 is 17.9. The van der Waals surface area contributed by atoms with Crippen LogP contribution in [0.2, 0.25) is 0 Å². The van der Waals surface area contributed by atoms with Gasteiger partial charge in [0.15, 0.2) is 0 Å². The second-order valence-electron chi connectivity index (χ2n) is 5.23. The van der Waals surface area contributed by atoms with Gasteiger partial charge in [-0.2, -0.15) is 0 Å². The third kappa shape index (κ3) is 9.07. The Morgan fingerprint density at radius 2 is 0.800 bits per heavy atom. The lowest BCUT2D eigenvalue weighted by Crippen LogP contribution is -1.93. The third-order valence-electron chi connectivity index (χ3n) is 3.18. The molecule has 6 N–H and O–H groups in total. The molecule has 3 aromatic heterocycles. The number of pyridine rings is 3. The highest BCUT2D eigenvalue weighted by Crippen LogP contribution is 2.21. The maximum Gasteiger partial charge on any atom is 0.137 e. The Morgan fingerprint density at radius 1 is 0.567 bits per heavy atom. The Hall–Kier alpha value is -1.56. The molecule has 0 aliphatic rings. The summed E-state index contributed by atoms with van der Waals surface area (Å²) in [6, 6.07) is 5.09. The van der Waals surface area contributed by atoms with Crippen molar-refractivity contribution in [2.75, 3.05) is 38.5 Å². The van der Waals surface area contributed by atoms with Crippen molar-refractivity contribution < 1.29 is 14.2 Å². The van der Waals surface area contributed by atoms with E-state index in [4.69, 9.17) is 31.4 Å².